The second-order valence-electron chi connectivity index (χ2n) is 5.43. The third-order valence-electron chi connectivity index (χ3n) is 3.55. The van der Waals surface area contributed by atoms with Crippen molar-refractivity contribution in [2.24, 2.45) is 0 Å². The van der Waals surface area contributed by atoms with Crippen molar-refractivity contribution in [2.75, 3.05) is 17.1 Å². The summed E-state index contributed by atoms with van der Waals surface area (Å²) >= 11 is 5.79. The molecule has 0 spiro atoms. The molecular formula is C16H13ClN6O5S. The zero-order chi connectivity index (χ0) is 21.0. The number of pyridine rings is 1. The number of nitrogens with one attached hydrogen (secondary N) is 2. The van der Waals surface area contributed by atoms with Crippen LogP contribution in [0.15, 0.2) is 53.7 Å². The Morgan fingerprint density at radius 1 is 1.07 bits per heavy atom. The van der Waals surface area contributed by atoms with E-state index in [2.05, 4.69) is 25.0 Å². The third kappa shape index (κ3) is 4.67. The minimum atomic E-state index is -3.97. The fraction of sp³-hybridized carbons (Fsp3) is 0.0625. The van der Waals surface area contributed by atoms with Crippen LogP contribution >= 0.6 is 11.6 Å². The molecule has 150 valence electrons. The highest BCUT2D eigenvalue weighted by atomic mass is 35.5. The van der Waals surface area contributed by atoms with Gasteiger partial charge in [-0.25, -0.2) is 23.4 Å². The van der Waals surface area contributed by atoms with E-state index in [4.69, 9.17) is 16.3 Å². The number of benzene rings is 1. The van der Waals surface area contributed by atoms with Crippen LogP contribution in [-0.4, -0.2) is 35.4 Å². The fourth-order valence-electron chi connectivity index (χ4n) is 2.25. The maximum absolute atomic E-state index is 12.6. The number of sulfonamides is 1. The highest BCUT2D eigenvalue weighted by molar-refractivity contribution is 7.92. The van der Waals surface area contributed by atoms with E-state index in [0.717, 1.165) is 0 Å². The summed E-state index contributed by atoms with van der Waals surface area (Å²) in [6.07, 6.45) is 2.68. The molecule has 2 N–H and O–H groups in total. The van der Waals surface area contributed by atoms with Crippen LogP contribution in [0.2, 0.25) is 5.15 Å². The van der Waals surface area contributed by atoms with Gasteiger partial charge < -0.3 is 10.1 Å². The summed E-state index contributed by atoms with van der Waals surface area (Å²) in [7, 11) is -2.63. The number of nitrogens with zero attached hydrogens (tertiary/aromatic N) is 4. The number of rotatable bonds is 7. The van der Waals surface area contributed by atoms with Crippen molar-refractivity contribution in [3.8, 4) is 5.88 Å². The van der Waals surface area contributed by atoms with Crippen molar-refractivity contribution < 1.29 is 18.1 Å². The zero-order valence-electron chi connectivity index (χ0n) is 14.7. The molecule has 0 aliphatic heterocycles. The van der Waals surface area contributed by atoms with Crippen molar-refractivity contribution in [1.29, 1.82) is 0 Å². The molecule has 0 saturated heterocycles. The van der Waals surface area contributed by atoms with Crippen LogP contribution in [0.4, 0.5) is 23.0 Å². The Balaban J connectivity index is 1.83. The van der Waals surface area contributed by atoms with Gasteiger partial charge in [-0.3, -0.25) is 14.8 Å². The summed E-state index contributed by atoms with van der Waals surface area (Å²) in [5.41, 5.74) is 0.0985. The molecule has 0 aliphatic rings. The smallest absolute Gasteiger partial charge is 0.311 e. The van der Waals surface area contributed by atoms with Crippen LogP contribution in [0.25, 0.3) is 0 Å². The first kappa shape index (κ1) is 20.2. The summed E-state index contributed by atoms with van der Waals surface area (Å²) in [6, 6.07) is 7.99. The number of nitro groups is 1. The summed E-state index contributed by atoms with van der Waals surface area (Å²) in [4.78, 5) is 22.1. The molecular weight excluding hydrogens is 424 g/mol. The molecule has 2 heterocycles. The molecule has 3 aromatic rings. The molecule has 13 heteroatoms. The van der Waals surface area contributed by atoms with Gasteiger partial charge in [-0.15, -0.1) is 0 Å². The van der Waals surface area contributed by atoms with Crippen molar-refractivity contribution >= 4 is 44.6 Å². The van der Waals surface area contributed by atoms with Gasteiger partial charge in [-0.2, -0.15) is 0 Å². The largest absolute Gasteiger partial charge is 0.478 e. The van der Waals surface area contributed by atoms with Crippen LogP contribution in [0, 0.1) is 10.1 Å². The molecule has 0 fully saturated rings. The van der Waals surface area contributed by atoms with E-state index >= 15 is 0 Å². The summed E-state index contributed by atoms with van der Waals surface area (Å²) in [5, 5.41) is 13.9. The SMILES string of the molecule is COc1nccnc1NS(=O)(=O)c1ccc(Nc2nc(Cl)ccc2[N+](=O)[O-])cc1. The first-order valence-electron chi connectivity index (χ1n) is 7.86. The predicted octanol–water partition coefficient (Wildman–Crippen LogP) is 2.99. The fourth-order valence-corrected chi connectivity index (χ4v) is 3.41. The molecule has 2 aromatic heterocycles. The van der Waals surface area contributed by atoms with Crippen molar-refractivity contribution in [1.82, 2.24) is 15.0 Å². The average molecular weight is 437 g/mol. The standard InChI is InChI=1S/C16H13ClN6O5S/c1-28-16-15(18-8-9-19-16)22-29(26,27)11-4-2-10(3-5-11)20-14-12(23(24)25)6-7-13(17)21-14/h2-9H,1H3,(H,18,22)(H,20,21). The number of ether oxygens (including phenoxy) is 1. The van der Waals surface area contributed by atoms with Crippen LogP contribution < -0.4 is 14.8 Å². The lowest BCUT2D eigenvalue weighted by molar-refractivity contribution is -0.384. The molecule has 1 aromatic carbocycles. The van der Waals surface area contributed by atoms with Gasteiger partial charge in [-0.1, -0.05) is 11.6 Å². The second-order valence-corrected chi connectivity index (χ2v) is 7.50. The Kier molecular flexibility index (Phi) is 5.75. The topological polar surface area (TPSA) is 149 Å². The minimum absolute atomic E-state index is 0.0219. The molecule has 0 aliphatic carbocycles. The molecule has 0 unspecified atom stereocenters. The molecule has 0 atom stereocenters. The Morgan fingerprint density at radius 2 is 1.76 bits per heavy atom. The molecule has 0 saturated carbocycles. The zero-order valence-corrected chi connectivity index (χ0v) is 16.3. The quantitative estimate of drug-likeness (QED) is 0.323. The lowest BCUT2D eigenvalue weighted by atomic mass is 10.3. The highest BCUT2D eigenvalue weighted by Crippen LogP contribution is 2.28. The minimum Gasteiger partial charge on any atom is -0.478 e. The number of anilines is 3. The van der Waals surface area contributed by atoms with E-state index in [9.17, 15) is 18.5 Å². The maximum Gasteiger partial charge on any atom is 0.311 e. The highest BCUT2D eigenvalue weighted by Gasteiger charge is 2.19. The van der Waals surface area contributed by atoms with Crippen LogP contribution in [0.3, 0.4) is 0 Å². The van der Waals surface area contributed by atoms with Gasteiger partial charge in [0.05, 0.1) is 16.9 Å². The van der Waals surface area contributed by atoms with Gasteiger partial charge in [0.15, 0.2) is 0 Å². The Morgan fingerprint density at radius 3 is 2.41 bits per heavy atom. The van der Waals surface area contributed by atoms with E-state index in [1.165, 1.54) is 55.9 Å². The molecule has 29 heavy (non-hydrogen) atoms. The van der Waals surface area contributed by atoms with E-state index in [1.807, 2.05) is 0 Å². The first-order valence-corrected chi connectivity index (χ1v) is 9.72. The van der Waals surface area contributed by atoms with Gasteiger partial charge >= 0.3 is 5.69 Å². The maximum atomic E-state index is 12.6. The predicted molar refractivity (Wildman–Crippen MR) is 105 cm³/mol. The second kappa shape index (κ2) is 8.24. The number of aromatic nitrogens is 3. The van der Waals surface area contributed by atoms with E-state index < -0.39 is 14.9 Å². The number of hydrogen-bond acceptors (Lipinski definition) is 9. The Bertz CT molecular complexity index is 1160. The third-order valence-corrected chi connectivity index (χ3v) is 5.12. The van der Waals surface area contributed by atoms with E-state index in [1.54, 1.807) is 0 Å². The van der Waals surface area contributed by atoms with Gasteiger partial charge in [0.25, 0.3) is 15.9 Å². The lowest BCUT2D eigenvalue weighted by Crippen LogP contribution is -2.15. The monoisotopic (exact) mass is 436 g/mol. The van der Waals surface area contributed by atoms with Gasteiger partial charge in [0.1, 0.15) is 5.15 Å². The molecule has 3 rings (SSSR count). The summed E-state index contributed by atoms with van der Waals surface area (Å²) in [6.45, 7) is 0. The van der Waals surface area contributed by atoms with Gasteiger partial charge in [0.2, 0.25) is 11.6 Å². The van der Waals surface area contributed by atoms with Crippen LogP contribution in [0.1, 0.15) is 0 Å². The van der Waals surface area contributed by atoms with Crippen molar-refractivity contribution in [3.63, 3.8) is 0 Å². The molecule has 0 amide bonds. The number of hydrogen-bond donors (Lipinski definition) is 2. The van der Waals surface area contributed by atoms with Crippen molar-refractivity contribution in [2.45, 2.75) is 4.90 Å². The number of methoxy groups -OCH3 is 1. The van der Waals surface area contributed by atoms with Gasteiger partial charge in [-0.05, 0) is 30.3 Å². The van der Waals surface area contributed by atoms with E-state index in [-0.39, 0.29) is 33.3 Å². The molecule has 0 radical (unpaired) electrons. The van der Waals surface area contributed by atoms with Gasteiger partial charge in [0, 0.05) is 24.1 Å². The van der Waals surface area contributed by atoms with Crippen LogP contribution in [-0.2, 0) is 10.0 Å². The Labute approximate surface area is 169 Å². The lowest BCUT2D eigenvalue weighted by Gasteiger charge is -2.11. The number of halogens is 1. The average Bonchev–Trinajstić information content (AvgIpc) is 2.68. The molecule has 0 bridgehead atoms. The van der Waals surface area contributed by atoms with Crippen molar-refractivity contribution in [3.05, 3.63) is 64.1 Å². The van der Waals surface area contributed by atoms with E-state index in [0.29, 0.717) is 5.69 Å². The molecule has 11 nitrogen and oxygen atoms in total. The van der Waals surface area contributed by atoms with Crippen LogP contribution in [0.5, 0.6) is 5.88 Å². The summed E-state index contributed by atoms with van der Waals surface area (Å²) < 4.78 is 32.4. The summed E-state index contributed by atoms with van der Waals surface area (Å²) in [5.74, 6) is -0.106. The Hall–Kier alpha value is -3.51. The normalized spacial score (nSPS) is 11.0. The first-order chi connectivity index (χ1) is 13.8.